The summed E-state index contributed by atoms with van der Waals surface area (Å²) >= 11 is 0. The van der Waals surface area contributed by atoms with Gasteiger partial charge in [0.05, 0.1) is 0 Å². The van der Waals surface area contributed by atoms with Crippen LogP contribution in [0.3, 0.4) is 0 Å². The molecular weight excluding hydrogens is 261 g/mol. The predicted octanol–water partition coefficient (Wildman–Crippen LogP) is 1.97. The fourth-order valence-electron chi connectivity index (χ4n) is 1.89. The number of hydrogen-bond donors (Lipinski definition) is 3. The molecular formula is C14H20FN3O2. The summed E-state index contributed by atoms with van der Waals surface area (Å²) in [5.41, 5.74) is 6.03. The number of nitrogens with zero attached hydrogens (tertiary/aromatic N) is 1. The molecule has 20 heavy (non-hydrogen) atoms. The number of rotatable bonds is 6. The average Bonchev–Trinajstić information content (AvgIpc) is 2.46. The van der Waals surface area contributed by atoms with Gasteiger partial charge in [0, 0.05) is 23.6 Å². The summed E-state index contributed by atoms with van der Waals surface area (Å²) in [6, 6.07) is 4.22. The van der Waals surface area contributed by atoms with Gasteiger partial charge in [-0.15, -0.1) is 0 Å². The first-order valence-corrected chi connectivity index (χ1v) is 6.57. The molecule has 0 atom stereocenters. The summed E-state index contributed by atoms with van der Waals surface area (Å²) in [4.78, 5) is 11.8. The zero-order valence-electron chi connectivity index (χ0n) is 11.7. The first-order chi connectivity index (χ1) is 9.53. The molecule has 0 fully saturated rings. The molecule has 0 aliphatic heterocycles. The second kappa shape index (κ2) is 7.47. The Labute approximate surface area is 117 Å². The lowest BCUT2D eigenvalue weighted by Crippen LogP contribution is -2.30. The molecule has 110 valence electrons. The minimum absolute atomic E-state index is 0.0468. The zero-order chi connectivity index (χ0) is 15.1. The molecule has 1 amide bonds. The van der Waals surface area contributed by atoms with Crippen molar-refractivity contribution in [3.63, 3.8) is 0 Å². The summed E-state index contributed by atoms with van der Waals surface area (Å²) < 4.78 is 13.8. The molecule has 0 aliphatic carbocycles. The van der Waals surface area contributed by atoms with Crippen molar-refractivity contribution in [3.8, 4) is 0 Å². The van der Waals surface area contributed by atoms with Crippen LogP contribution >= 0.6 is 0 Å². The van der Waals surface area contributed by atoms with Crippen LogP contribution in [0.4, 0.5) is 4.39 Å². The molecule has 0 radical (unpaired) electrons. The van der Waals surface area contributed by atoms with Gasteiger partial charge in [0.25, 0.3) is 0 Å². The van der Waals surface area contributed by atoms with Crippen molar-refractivity contribution in [2.24, 2.45) is 16.8 Å². The van der Waals surface area contributed by atoms with Gasteiger partial charge in [0.15, 0.2) is 5.84 Å². The van der Waals surface area contributed by atoms with E-state index in [0.717, 1.165) is 12.8 Å². The fraction of sp³-hybridized carbons (Fsp3) is 0.429. The van der Waals surface area contributed by atoms with Crippen LogP contribution < -0.4 is 11.1 Å². The summed E-state index contributed by atoms with van der Waals surface area (Å²) in [6.45, 7) is 4.01. The second-order valence-corrected chi connectivity index (χ2v) is 4.52. The normalized spacial score (nSPS) is 11.7. The van der Waals surface area contributed by atoms with Crippen LogP contribution in [0.15, 0.2) is 23.4 Å². The van der Waals surface area contributed by atoms with Crippen molar-refractivity contribution in [1.29, 1.82) is 0 Å². The van der Waals surface area contributed by atoms with Gasteiger partial charge < -0.3 is 16.3 Å². The fourth-order valence-corrected chi connectivity index (χ4v) is 1.89. The molecule has 1 aromatic carbocycles. The Morgan fingerprint density at radius 2 is 2.10 bits per heavy atom. The van der Waals surface area contributed by atoms with E-state index < -0.39 is 5.82 Å². The molecule has 0 spiro atoms. The van der Waals surface area contributed by atoms with Gasteiger partial charge in [0.1, 0.15) is 5.82 Å². The zero-order valence-corrected chi connectivity index (χ0v) is 11.7. The van der Waals surface area contributed by atoms with Crippen molar-refractivity contribution in [1.82, 2.24) is 5.32 Å². The maximum atomic E-state index is 13.8. The number of amidine groups is 1. The molecule has 0 unspecified atom stereocenters. The molecule has 0 aromatic heterocycles. The maximum Gasteiger partial charge on any atom is 0.223 e. The molecule has 0 saturated heterocycles. The van der Waals surface area contributed by atoms with Gasteiger partial charge >= 0.3 is 0 Å². The molecule has 0 saturated carbocycles. The highest BCUT2D eigenvalue weighted by atomic mass is 19.1. The van der Waals surface area contributed by atoms with Crippen LogP contribution in [-0.2, 0) is 11.3 Å². The van der Waals surface area contributed by atoms with Crippen LogP contribution in [0.1, 0.15) is 37.8 Å². The first kappa shape index (κ1) is 15.9. The lowest BCUT2D eigenvalue weighted by atomic mass is 10.0. The molecule has 4 N–H and O–H groups in total. The highest BCUT2D eigenvalue weighted by Crippen LogP contribution is 2.12. The minimum atomic E-state index is -0.501. The van der Waals surface area contributed by atoms with Crippen LogP contribution in [0.25, 0.3) is 0 Å². The Balaban J connectivity index is 2.72. The number of hydrogen-bond acceptors (Lipinski definition) is 3. The second-order valence-electron chi connectivity index (χ2n) is 4.52. The summed E-state index contributed by atoms with van der Waals surface area (Å²) in [7, 11) is 0. The molecule has 5 nitrogen and oxygen atoms in total. The number of amides is 1. The minimum Gasteiger partial charge on any atom is -0.409 e. The van der Waals surface area contributed by atoms with E-state index in [1.165, 1.54) is 18.2 Å². The van der Waals surface area contributed by atoms with Crippen molar-refractivity contribution in [2.75, 3.05) is 0 Å². The van der Waals surface area contributed by atoms with Gasteiger partial charge in [0.2, 0.25) is 5.91 Å². The highest BCUT2D eigenvalue weighted by molar-refractivity contribution is 5.97. The third-order valence-corrected chi connectivity index (χ3v) is 3.27. The van der Waals surface area contributed by atoms with Crippen LogP contribution in [0, 0.1) is 11.7 Å². The van der Waals surface area contributed by atoms with E-state index in [1.54, 1.807) is 0 Å². The topological polar surface area (TPSA) is 87.7 Å². The van der Waals surface area contributed by atoms with E-state index >= 15 is 0 Å². The summed E-state index contributed by atoms with van der Waals surface area (Å²) in [5.74, 6) is -0.778. The number of halogens is 1. The number of oxime groups is 1. The Bertz CT molecular complexity index is 499. The van der Waals surface area contributed by atoms with E-state index in [4.69, 9.17) is 10.9 Å². The van der Waals surface area contributed by atoms with Crippen LogP contribution in [0.2, 0.25) is 0 Å². The Morgan fingerprint density at radius 1 is 1.45 bits per heavy atom. The van der Waals surface area contributed by atoms with Gasteiger partial charge in [-0.25, -0.2) is 4.39 Å². The van der Waals surface area contributed by atoms with Gasteiger partial charge in [-0.05, 0) is 18.9 Å². The lowest BCUT2D eigenvalue weighted by molar-refractivity contribution is -0.125. The predicted molar refractivity (Wildman–Crippen MR) is 74.8 cm³/mol. The van der Waals surface area contributed by atoms with E-state index in [-0.39, 0.29) is 24.2 Å². The maximum absolute atomic E-state index is 13.8. The van der Waals surface area contributed by atoms with Crippen LogP contribution in [0.5, 0.6) is 0 Å². The number of carbonyl (C=O) groups is 1. The van der Waals surface area contributed by atoms with E-state index in [9.17, 15) is 9.18 Å². The van der Waals surface area contributed by atoms with Crippen molar-refractivity contribution >= 4 is 11.7 Å². The number of nitrogens with one attached hydrogen (secondary N) is 1. The molecule has 0 bridgehead atoms. The molecule has 0 aliphatic rings. The van der Waals surface area contributed by atoms with Gasteiger partial charge in [-0.2, -0.15) is 0 Å². The number of benzene rings is 1. The van der Waals surface area contributed by atoms with E-state index in [2.05, 4.69) is 10.5 Å². The quantitative estimate of drug-likeness (QED) is 0.322. The molecule has 1 aromatic rings. The monoisotopic (exact) mass is 281 g/mol. The van der Waals surface area contributed by atoms with E-state index in [1.807, 2.05) is 13.8 Å². The first-order valence-electron chi connectivity index (χ1n) is 6.57. The Kier molecular flexibility index (Phi) is 5.96. The number of carbonyl (C=O) groups excluding carboxylic acids is 1. The standard InChI is InChI=1S/C14H20FN3O2/c1-3-9(4-2)14(19)17-8-11-6-5-10(7-12(11)15)13(16)18-20/h5-7,9,20H,3-4,8H2,1-2H3,(H2,16,18)(H,17,19). The summed E-state index contributed by atoms with van der Waals surface area (Å²) in [6.07, 6.45) is 1.51. The third-order valence-electron chi connectivity index (χ3n) is 3.27. The van der Waals surface area contributed by atoms with Crippen molar-refractivity contribution in [3.05, 3.63) is 35.1 Å². The number of nitrogens with two attached hydrogens (primary N) is 1. The largest absolute Gasteiger partial charge is 0.409 e. The van der Waals surface area contributed by atoms with Gasteiger partial charge in [-0.1, -0.05) is 31.1 Å². The Hall–Kier alpha value is -2.11. The average molecular weight is 281 g/mol. The molecule has 1 rings (SSSR count). The summed E-state index contributed by atoms with van der Waals surface area (Å²) in [5, 5.41) is 14.0. The molecule has 6 heteroatoms. The smallest absolute Gasteiger partial charge is 0.223 e. The van der Waals surface area contributed by atoms with Gasteiger partial charge in [-0.3, -0.25) is 4.79 Å². The third kappa shape index (κ3) is 3.94. The SMILES string of the molecule is CCC(CC)C(=O)NCc1ccc(C(N)=NO)cc1F. The van der Waals surface area contributed by atoms with E-state index in [0.29, 0.717) is 11.1 Å². The van der Waals surface area contributed by atoms with Crippen LogP contribution in [-0.4, -0.2) is 17.0 Å². The lowest BCUT2D eigenvalue weighted by Gasteiger charge is -2.13. The van der Waals surface area contributed by atoms with Crippen molar-refractivity contribution in [2.45, 2.75) is 33.2 Å². The Morgan fingerprint density at radius 3 is 2.60 bits per heavy atom. The molecule has 0 heterocycles. The highest BCUT2D eigenvalue weighted by Gasteiger charge is 2.14. The van der Waals surface area contributed by atoms with Crippen molar-refractivity contribution < 1.29 is 14.4 Å².